The van der Waals surface area contributed by atoms with E-state index in [4.69, 9.17) is 4.74 Å². The van der Waals surface area contributed by atoms with Crippen LogP contribution >= 0.6 is 0 Å². The van der Waals surface area contributed by atoms with Crippen molar-refractivity contribution in [2.45, 2.75) is 32.8 Å². The molecule has 2 unspecified atom stereocenters. The molecule has 0 aliphatic heterocycles. The van der Waals surface area contributed by atoms with E-state index in [-0.39, 0.29) is 17.4 Å². The molecule has 0 aliphatic carbocycles. The molecule has 100 valence electrons. The largest absolute Gasteiger partial charge is 0.490 e. The molecule has 0 heterocycles. The van der Waals surface area contributed by atoms with E-state index in [2.05, 4.69) is 0 Å². The second-order valence-corrected chi connectivity index (χ2v) is 4.38. The molecule has 2 atom stereocenters. The van der Waals surface area contributed by atoms with Crippen LogP contribution in [0.25, 0.3) is 0 Å². The van der Waals surface area contributed by atoms with E-state index in [0.29, 0.717) is 6.42 Å². The van der Waals surface area contributed by atoms with E-state index in [1.54, 1.807) is 19.1 Å². The molecule has 0 aromatic heterocycles. The number of ether oxygens (including phenoxy) is 1. The summed E-state index contributed by atoms with van der Waals surface area (Å²) < 4.78 is 4.95. The molecule has 1 rings (SSSR count). The molecular formula is C13H19NO4. The van der Waals surface area contributed by atoms with Gasteiger partial charge in [0, 0.05) is 6.07 Å². The minimum absolute atomic E-state index is 0.0320. The van der Waals surface area contributed by atoms with Crippen molar-refractivity contribution in [2.24, 2.45) is 5.92 Å². The van der Waals surface area contributed by atoms with E-state index in [1.165, 1.54) is 13.2 Å². The fourth-order valence-electron chi connectivity index (χ4n) is 1.96. The van der Waals surface area contributed by atoms with Gasteiger partial charge in [0.1, 0.15) is 0 Å². The van der Waals surface area contributed by atoms with Gasteiger partial charge in [0.15, 0.2) is 5.75 Å². The van der Waals surface area contributed by atoms with Crippen molar-refractivity contribution in [1.29, 1.82) is 0 Å². The van der Waals surface area contributed by atoms with Gasteiger partial charge in [-0.1, -0.05) is 19.4 Å². The number of nitro groups is 1. The summed E-state index contributed by atoms with van der Waals surface area (Å²) in [6.07, 6.45) is 1.03. The molecule has 0 bridgehead atoms. The van der Waals surface area contributed by atoms with Gasteiger partial charge < -0.3 is 9.84 Å². The van der Waals surface area contributed by atoms with Gasteiger partial charge >= 0.3 is 5.69 Å². The number of aliphatic hydroxyl groups is 1. The zero-order chi connectivity index (χ0) is 13.7. The predicted molar refractivity (Wildman–Crippen MR) is 68.8 cm³/mol. The van der Waals surface area contributed by atoms with E-state index in [0.717, 1.165) is 12.0 Å². The van der Waals surface area contributed by atoms with Crippen LogP contribution in [0.1, 0.15) is 25.8 Å². The van der Waals surface area contributed by atoms with Crippen LogP contribution in [-0.2, 0) is 6.42 Å². The number of nitro benzene ring substituents is 1. The topological polar surface area (TPSA) is 72.6 Å². The number of hydrogen-bond donors (Lipinski definition) is 1. The van der Waals surface area contributed by atoms with Gasteiger partial charge in [-0.25, -0.2) is 0 Å². The second kappa shape index (κ2) is 6.35. The normalized spacial score (nSPS) is 14.0. The Morgan fingerprint density at radius 1 is 1.50 bits per heavy atom. The molecule has 1 aromatic carbocycles. The van der Waals surface area contributed by atoms with Gasteiger partial charge in [-0.2, -0.15) is 0 Å². The zero-order valence-electron chi connectivity index (χ0n) is 10.9. The zero-order valence-corrected chi connectivity index (χ0v) is 10.9. The summed E-state index contributed by atoms with van der Waals surface area (Å²) >= 11 is 0. The van der Waals surface area contributed by atoms with Crippen molar-refractivity contribution in [1.82, 2.24) is 0 Å². The third-order valence-corrected chi connectivity index (χ3v) is 3.14. The van der Waals surface area contributed by atoms with Gasteiger partial charge in [0.05, 0.1) is 18.1 Å². The second-order valence-electron chi connectivity index (χ2n) is 4.38. The highest BCUT2D eigenvalue weighted by Gasteiger charge is 2.18. The third-order valence-electron chi connectivity index (χ3n) is 3.14. The van der Waals surface area contributed by atoms with Crippen LogP contribution < -0.4 is 4.74 Å². The van der Waals surface area contributed by atoms with Crippen LogP contribution in [0.2, 0.25) is 0 Å². The number of benzene rings is 1. The minimum Gasteiger partial charge on any atom is -0.490 e. The first-order chi connectivity index (χ1) is 8.49. The number of aliphatic hydroxyl groups excluding tert-OH is 1. The summed E-state index contributed by atoms with van der Waals surface area (Å²) in [5.74, 6) is 0.367. The summed E-state index contributed by atoms with van der Waals surface area (Å²) in [5.41, 5.74) is 0.811. The maximum Gasteiger partial charge on any atom is 0.311 e. The molecule has 0 radical (unpaired) electrons. The number of methoxy groups -OCH3 is 1. The lowest BCUT2D eigenvalue weighted by Gasteiger charge is -2.18. The summed E-state index contributed by atoms with van der Waals surface area (Å²) in [4.78, 5) is 10.4. The van der Waals surface area contributed by atoms with Crippen LogP contribution in [0.5, 0.6) is 5.75 Å². The highest BCUT2D eigenvalue weighted by atomic mass is 16.6. The molecule has 0 fully saturated rings. The maximum absolute atomic E-state index is 10.9. The molecule has 0 spiro atoms. The molecule has 0 saturated heterocycles. The Kier molecular flexibility index (Phi) is 5.09. The molecule has 18 heavy (non-hydrogen) atoms. The molecule has 5 nitrogen and oxygen atoms in total. The van der Waals surface area contributed by atoms with Crippen molar-refractivity contribution >= 4 is 5.69 Å². The average molecular weight is 253 g/mol. The van der Waals surface area contributed by atoms with Crippen LogP contribution in [-0.4, -0.2) is 23.2 Å². The monoisotopic (exact) mass is 253 g/mol. The van der Waals surface area contributed by atoms with Crippen LogP contribution in [0.15, 0.2) is 18.2 Å². The van der Waals surface area contributed by atoms with Gasteiger partial charge in [-0.05, 0) is 30.9 Å². The fourth-order valence-corrected chi connectivity index (χ4v) is 1.96. The number of rotatable bonds is 6. The highest BCUT2D eigenvalue weighted by Crippen LogP contribution is 2.29. The molecular weight excluding hydrogens is 234 g/mol. The van der Waals surface area contributed by atoms with E-state index >= 15 is 0 Å². The summed E-state index contributed by atoms with van der Waals surface area (Å²) in [7, 11) is 1.41. The summed E-state index contributed by atoms with van der Waals surface area (Å²) in [6.45, 7) is 3.74. The van der Waals surface area contributed by atoms with Gasteiger partial charge in [-0.15, -0.1) is 0 Å². The van der Waals surface area contributed by atoms with E-state index in [1.807, 2.05) is 6.92 Å². The number of nitrogens with zero attached hydrogens (tertiary/aromatic N) is 1. The fraction of sp³-hybridized carbons (Fsp3) is 0.538. The highest BCUT2D eigenvalue weighted by molar-refractivity contribution is 5.48. The lowest BCUT2D eigenvalue weighted by Crippen LogP contribution is -2.18. The maximum atomic E-state index is 10.9. The Balaban J connectivity index is 2.97. The average Bonchev–Trinajstić information content (AvgIpc) is 2.35. The smallest absolute Gasteiger partial charge is 0.311 e. The Morgan fingerprint density at radius 2 is 2.17 bits per heavy atom. The van der Waals surface area contributed by atoms with Crippen LogP contribution in [0, 0.1) is 16.0 Å². The summed E-state index contributed by atoms with van der Waals surface area (Å²) in [6, 6.07) is 4.92. The first-order valence-corrected chi connectivity index (χ1v) is 5.99. The molecule has 0 amide bonds. The molecule has 5 heteroatoms. The lowest BCUT2D eigenvalue weighted by molar-refractivity contribution is -0.385. The van der Waals surface area contributed by atoms with Crippen molar-refractivity contribution < 1.29 is 14.8 Å². The summed E-state index contributed by atoms with van der Waals surface area (Å²) in [5, 5.41) is 20.5. The first-order valence-electron chi connectivity index (χ1n) is 5.99. The van der Waals surface area contributed by atoms with Gasteiger partial charge in [-0.3, -0.25) is 10.1 Å². The van der Waals surface area contributed by atoms with Gasteiger partial charge in [0.2, 0.25) is 0 Å². The standard InChI is InChI=1S/C13H19NO4/c1-4-11(9(2)15)7-10-5-6-13(18-3)12(8-10)14(16)17/h5-6,8-9,11,15H,4,7H2,1-3H3. The van der Waals surface area contributed by atoms with Crippen LogP contribution in [0.4, 0.5) is 5.69 Å². The minimum atomic E-state index is -0.453. The Bertz CT molecular complexity index is 417. The molecule has 0 aliphatic rings. The Hall–Kier alpha value is -1.62. The third kappa shape index (κ3) is 3.43. The van der Waals surface area contributed by atoms with Crippen molar-refractivity contribution in [3.63, 3.8) is 0 Å². The van der Waals surface area contributed by atoms with Crippen LogP contribution in [0.3, 0.4) is 0 Å². The Labute approximate surface area is 107 Å². The van der Waals surface area contributed by atoms with E-state index < -0.39 is 11.0 Å². The molecule has 1 aromatic rings. The quantitative estimate of drug-likeness (QED) is 0.624. The first kappa shape index (κ1) is 14.4. The SMILES string of the molecule is CCC(Cc1ccc(OC)c([N+](=O)[O-])c1)C(C)O. The predicted octanol–water partition coefficient (Wildman–Crippen LogP) is 2.55. The van der Waals surface area contributed by atoms with Gasteiger partial charge in [0.25, 0.3) is 0 Å². The Morgan fingerprint density at radius 3 is 2.61 bits per heavy atom. The molecule has 0 saturated carbocycles. The van der Waals surface area contributed by atoms with Crippen molar-refractivity contribution in [3.8, 4) is 5.75 Å². The molecule has 1 N–H and O–H groups in total. The van der Waals surface area contributed by atoms with Crippen molar-refractivity contribution in [2.75, 3.05) is 7.11 Å². The van der Waals surface area contributed by atoms with Crippen molar-refractivity contribution in [3.05, 3.63) is 33.9 Å². The lowest BCUT2D eigenvalue weighted by atomic mass is 9.92. The number of hydrogen-bond acceptors (Lipinski definition) is 4. The van der Waals surface area contributed by atoms with E-state index in [9.17, 15) is 15.2 Å².